The third kappa shape index (κ3) is 15.7. The Hall–Kier alpha value is -4.62. The Morgan fingerprint density at radius 2 is 1.07 bits per heavy atom. The fourth-order valence-corrected chi connectivity index (χ4v) is 13.2. The third-order valence-corrected chi connectivity index (χ3v) is 17.5. The van der Waals surface area contributed by atoms with Gasteiger partial charge >= 0.3 is 29.4 Å². The van der Waals surface area contributed by atoms with Crippen LogP contribution in [0.5, 0.6) is 0 Å². The van der Waals surface area contributed by atoms with Crippen LogP contribution in [0.2, 0.25) is 0 Å². The fraction of sp³-hybridized carbons (Fsp3) is 0.362. The Kier molecular flexibility index (Phi) is 21.5. The number of halogens is 7. The van der Waals surface area contributed by atoms with Crippen molar-refractivity contribution in [3.8, 4) is 6.07 Å². The van der Waals surface area contributed by atoms with Crippen LogP contribution in [0.1, 0.15) is 83.0 Å². The molecule has 4 heterocycles. The zero-order valence-electron chi connectivity index (χ0n) is 36.6. The summed E-state index contributed by atoms with van der Waals surface area (Å²) in [4.78, 5) is 12.0. The van der Waals surface area contributed by atoms with Crippen molar-refractivity contribution in [1.29, 1.82) is 10.5 Å². The van der Waals surface area contributed by atoms with Crippen LogP contribution in [0.3, 0.4) is 0 Å². The van der Waals surface area contributed by atoms with Crippen molar-refractivity contribution in [2.45, 2.75) is 91.9 Å². The van der Waals surface area contributed by atoms with Crippen molar-refractivity contribution >= 4 is 58.7 Å². The van der Waals surface area contributed by atoms with Crippen LogP contribution in [0.4, 0.5) is 26.3 Å². The minimum Gasteiger partial charge on any atom is -0.512 e. The van der Waals surface area contributed by atoms with Gasteiger partial charge in [0.15, 0.2) is 19.7 Å². The molecule has 382 valence electrons. The van der Waals surface area contributed by atoms with E-state index in [2.05, 4.69) is 34.6 Å². The maximum atomic E-state index is 13.5. The Balaban J connectivity index is 0.000000290. The molecule has 6 aromatic rings. The molecule has 2 aliphatic rings. The van der Waals surface area contributed by atoms with Crippen LogP contribution in [0, 0.1) is 35.0 Å². The third-order valence-electron chi connectivity index (χ3n) is 11.9. The second-order valence-corrected chi connectivity index (χ2v) is 22.8. The zero-order chi connectivity index (χ0) is 50.0. The van der Waals surface area contributed by atoms with E-state index in [0.29, 0.717) is 33.1 Å². The molecule has 0 aliphatic carbocycles. The summed E-state index contributed by atoms with van der Waals surface area (Å²) in [5, 5.41) is 16.7. The molecule has 0 bridgehead atoms. The first-order valence-electron chi connectivity index (χ1n) is 21.0. The maximum absolute atomic E-state index is 13.5. The van der Waals surface area contributed by atoms with E-state index < -0.39 is 49.9 Å². The molecule has 4 aromatic carbocycles. The van der Waals surface area contributed by atoms with Gasteiger partial charge < -0.3 is 11.8 Å². The van der Waals surface area contributed by atoms with E-state index in [-0.39, 0.29) is 96.2 Å². The summed E-state index contributed by atoms with van der Waals surface area (Å²) >= 11 is 5.49. The van der Waals surface area contributed by atoms with Crippen molar-refractivity contribution < 1.29 is 60.2 Å². The summed E-state index contributed by atoms with van der Waals surface area (Å²) < 4.78 is 140. The second-order valence-electron chi connectivity index (χ2n) is 16.2. The van der Waals surface area contributed by atoms with Crippen LogP contribution < -0.4 is 0 Å². The Morgan fingerprint density at radius 1 is 0.662 bits per heavy atom. The van der Waals surface area contributed by atoms with E-state index in [4.69, 9.17) is 11.8 Å². The van der Waals surface area contributed by atoms with Gasteiger partial charge in [0.25, 0.3) is 0 Å². The average molecular weight is 1170 g/mol. The number of hydrogen-bond donors (Lipinski definition) is 0. The Morgan fingerprint density at radius 3 is 1.45 bits per heavy atom. The number of alkyl halides is 6. The SMILES string of the molecule is C.N#Cc1cc(S(=O)(=O)Cc2ncns2)ccc1CN1CC[C@@H](C(F)(F)F)C[C@H]1c1ccccc1.O=S(=O)(Cc1ncns1)c1ccc(CN2CC[C@@H](C(F)(F)F)C[C@H]2c2ccccc2)c(Br)c1.[C-]#N.[Cu+]. The molecule has 12 nitrogen and oxygen atoms in total. The molecule has 71 heavy (non-hydrogen) atoms. The summed E-state index contributed by atoms with van der Waals surface area (Å²) in [6.45, 7) is 5.91. The molecule has 2 aromatic heterocycles. The van der Waals surface area contributed by atoms with E-state index in [1.54, 1.807) is 30.3 Å². The van der Waals surface area contributed by atoms with Crippen molar-refractivity contribution in [3.05, 3.63) is 159 Å². The topological polar surface area (TPSA) is 174 Å². The number of nitriles is 1. The van der Waals surface area contributed by atoms with Crippen molar-refractivity contribution in [3.63, 3.8) is 0 Å². The molecular weight excluding hydrogens is 1130 g/mol. The predicted molar refractivity (Wildman–Crippen MR) is 255 cm³/mol. The number of piperidine rings is 2. The van der Waals surface area contributed by atoms with Crippen molar-refractivity contribution in [1.82, 2.24) is 28.5 Å². The molecule has 2 aliphatic heterocycles. The first-order valence-corrected chi connectivity index (χ1v) is 26.7. The van der Waals surface area contributed by atoms with E-state index in [9.17, 15) is 48.4 Å². The zero-order valence-corrected chi connectivity index (χ0v) is 42.4. The standard InChI is InChI=1S/C23H21F3N4O2S2.C22H21BrF3N3O2S2.CN.CH4.Cu/c24-23(25,26)19-8-9-30(21(11-19)16-4-2-1-3-5-16)13-17-6-7-20(10-18(17)12-27)34(31,32)14-22-28-15-29-33-22;23-19-11-18(33(30,31)13-21-27-14-28-32-21)7-6-16(19)12-29-9-8-17(22(24,25)26)10-20(29)15-4-2-1-3-5-15;1-2;;/h1-7,10,15,19,21H,8-9,11,13-14H2;1-7,11,14,17,20H,8-10,12-13H2;;1H4;/q;;-1;;+1/t19-,21+;17-,20+;;;/m11.../s1. The number of sulfone groups is 2. The largest absolute Gasteiger partial charge is 1.00 e. The molecule has 2 fully saturated rings. The van der Waals surface area contributed by atoms with Crippen molar-refractivity contribution in [2.75, 3.05) is 13.1 Å². The van der Waals surface area contributed by atoms with Gasteiger partial charge in [0, 0.05) is 29.6 Å². The number of likely N-dealkylation sites (tertiary alicyclic amines) is 2. The van der Waals surface area contributed by atoms with E-state index in [1.165, 1.54) is 30.9 Å². The predicted octanol–water partition coefficient (Wildman–Crippen LogP) is 11.4. The van der Waals surface area contributed by atoms with E-state index >= 15 is 0 Å². The van der Waals surface area contributed by atoms with Crippen LogP contribution in [-0.2, 0) is 61.3 Å². The summed E-state index contributed by atoms with van der Waals surface area (Å²) in [6, 6.07) is 28.6. The summed E-state index contributed by atoms with van der Waals surface area (Å²) in [5.41, 5.74) is 3.20. The molecule has 4 atom stereocenters. The molecule has 0 radical (unpaired) electrons. The molecule has 0 amide bonds. The van der Waals surface area contributed by atoms with Crippen LogP contribution >= 0.6 is 39.0 Å². The summed E-state index contributed by atoms with van der Waals surface area (Å²) in [7, 11) is -7.32. The van der Waals surface area contributed by atoms with Gasteiger partial charge in [0.1, 0.15) is 34.2 Å². The first-order chi connectivity index (χ1) is 32.8. The van der Waals surface area contributed by atoms with Gasteiger partial charge in [-0.1, -0.05) is 96.2 Å². The van der Waals surface area contributed by atoms with E-state index in [1.807, 2.05) is 64.4 Å². The second kappa shape index (κ2) is 25.9. The maximum Gasteiger partial charge on any atom is 1.00 e. The monoisotopic (exact) mass is 1170 g/mol. The number of rotatable bonds is 12. The molecule has 0 N–H and O–H groups in total. The van der Waals surface area contributed by atoms with E-state index in [0.717, 1.165) is 39.8 Å². The molecule has 24 heteroatoms. The van der Waals surface area contributed by atoms with Crippen LogP contribution in [0.15, 0.2) is 124 Å². The quantitative estimate of drug-likeness (QED) is 0.0645. The van der Waals surface area contributed by atoms with Crippen molar-refractivity contribution in [2.24, 2.45) is 11.8 Å². The molecule has 0 unspecified atom stereocenters. The van der Waals surface area contributed by atoms with Gasteiger partial charge in [-0.05, 0) is 108 Å². The van der Waals surface area contributed by atoms with Crippen LogP contribution in [-0.4, -0.2) is 70.8 Å². The summed E-state index contributed by atoms with van der Waals surface area (Å²) in [6.07, 6.45) is -5.93. The summed E-state index contributed by atoms with van der Waals surface area (Å²) in [5.74, 6) is -3.28. The van der Waals surface area contributed by atoms with Gasteiger partial charge in [-0.15, -0.1) is 0 Å². The molecule has 8 rings (SSSR count). The Bertz CT molecular complexity index is 2920. The number of hydrogen-bond acceptors (Lipinski definition) is 14. The number of aromatic nitrogens is 4. The normalized spacial score (nSPS) is 18.8. The minimum absolute atomic E-state index is 0. The molecule has 0 saturated carbocycles. The average Bonchev–Trinajstić information content (AvgIpc) is 4.05. The first kappa shape index (κ1) is 58.9. The number of nitrogens with zero attached hydrogens (tertiary/aromatic N) is 8. The van der Waals surface area contributed by atoms with Gasteiger partial charge in [-0.25, -0.2) is 26.8 Å². The van der Waals surface area contributed by atoms with Gasteiger partial charge in [0.2, 0.25) is 0 Å². The van der Waals surface area contributed by atoms with Gasteiger partial charge in [0.05, 0.1) is 33.3 Å². The molecule has 0 spiro atoms. The molecule has 2 saturated heterocycles. The van der Waals surface area contributed by atoms with Gasteiger partial charge in [-0.3, -0.25) is 9.80 Å². The molecular formula is C47H46BrCuF6N8O4S4. The van der Waals surface area contributed by atoms with Gasteiger partial charge in [-0.2, -0.15) is 40.4 Å². The van der Waals surface area contributed by atoms with Crippen LogP contribution in [0.25, 0.3) is 0 Å². The smallest absolute Gasteiger partial charge is 0.512 e. The Labute approximate surface area is 436 Å². The minimum atomic E-state index is -4.26. The fourth-order valence-electron chi connectivity index (χ4n) is 8.33. The number of benzene rings is 4.